The lowest BCUT2D eigenvalue weighted by atomic mass is 9.77. The van der Waals surface area contributed by atoms with Crippen LogP contribution >= 0.6 is 11.3 Å². The Morgan fingerprint density at radius 3 is 2.12 bits per heavy atom. The van der Waals surface area contributed by atoms with E-state index in [9.17, 15) is 22.8 Å². The molecule has 18 nitrogen and oxygen atoms in total. The number of guanidine groups is 1. The molecule has 0 saturated carbocycles. The molecule has 68 heavy (non-hydrogen) atoms. The third kappa shape index (κ3) is 12.2. The lowest BCUT2D eigenvalue weighted by Gasteiger charge is -2.41. The molecule has 4 aromatic carbocycles. The van der Waals surface area contributed by atoms with E-state index >= 15 is 0 Å². The van der Waals surface area contributed by atoms with Crippen LogP contribution in [0.5, 0.6) is 5.75 Å². The van der Waals surface area contributed by atoms with Crippen LogP contribution in [0.3, 0.4) is 0 Å². The van der Waals surface area contributed by atoms with Gasteiger partial charge < -0.3 is 35.6 Å². The molecule has 2 amide bonds. The van der Waals surface area contributed by atoms with Gasteiger partial charge in [0.05, 0.1) is 12.0 Å². The number of ether oxygens (including phenoxy) is 2. The van der Waals surface area contributed by atoms with Crippen LogP contribution in [0.2, 0.25) is 0 Å². The summed E-state index contributed by atoms with van der Waals surface area (Å²) in [5.74, 6) is -1.39. The average Bonchev–Trinajstić information content (AvgIpc) is 3.97. The average molecular weight is 967 g/mol. The van der Waals surface area contributed by atoms with Crippen molar-refractivity contribution in [2.45, 2.75) is 70.8 Å². The summed E-state index contributed by atoms with van der Waals surface area (Å²) < 4.78 is 47.5. The van der Waals surface area contributed by atoms with Gasteiger partial charge in [0, 0.05) is 38.0 Å². The van der Waals surface area contributed by atoms with Gasteiger partial charge in [0.15, 0.2) is 29.2 Å². The van der Waals surface area contributed by atoms with Gasteiger partial charge in [-0.05, 0) is 74.1 Å². The van der Waals surface area contributed by atoms with Crippen LogP contribution in [0.25, 0.3) is 0 Å². The van der Waals surface area contributed by atoms with E-state index < -0.39 is 51.3 Å². The van der Waals surface area contributed by atoms with Crippen molar-refractivity contribution >= 4 is 56.3 Å². The van der Waals surface area contributed by atoms with Crippen LogP contribution in [0.1, 0.15) is 74.0 Å². The second-order valence-corrected chi connectivity index (χ2v) is 18.9. The summed E-state index contributed by atoms with van der Waals surface area (Å²) in [5, 5.41) is 13.3. The Hall–Kier alpha value is -6.87. The molecule has 2 aliphatic rings. The smallest absolute Gasteiger partial charge is 0.418 e. The van der Waals surface area contributed by atoms with E-state index in [0.29, 0.717) is 54.5 Å². The van der Waals surface area contributed by atoms with Gasteiger partial charge in [0.1, 0.15) is 29.2 Å². The number of fused-ring (bicyclic) bond motifs is 1. The number of hydrogen-bond acceptors (Lipinski definition) is 14. The molecule has 2 atom stereocenters. The summed E-state index contributed by atoms with van der Waals surface area (Å²) in [7, 11) is -4.97. The van der Waals surface area contributed by atoms with E-state index in [0.717, 1.165) is 27.8 Å². The molecule has 358 valence electrons. The molecular formula is C48H54N8O10S2. The molecule has 0 radical (unpaired) electrons. The third-order valence-corrected chi connectivity index (χ3v) is 12.2. The molecule has 20 heteroatoms. The molecular weight excluding hydrogens is 913 g/mol. The van der Waals surface area contributed by atoms with Crippen LogP contribution < -0.4 is 21.1 Å². The van der Waals surface area contributed by atoms with Gasteiger partial charge in [-0.15, -0.1) is 15.6 Å². The van der Waals surface area contributed by atoms with Crippen LogP contribution in [0.4, 0.5) is 9.93 Å². The molecule has 5 aromatic rings. The Morgan fingerprint density at radius 1 is 0.912 bits per heavy atom. The number of β-lactam (4-membered cyclic amide) rings is 1. The number of hydrogen-bond donors (Lipinski definition) is 4. The Morgan fingerprint density at radius 2 is 1.53 bits per heavy atom. The summed E-state index contributed by atoms with van der Waals surface area (Å²) in [5.41, 5.74) is 9.75. The number of nitrogens with two attached hydrogens (primary N) is 1. The maximum Gasteiger partial charge on any atom is 0.418 e. The van der Waals surface area contributed by atoms with Crippen molar-refractivity contribution in [1.29, 1.82) is 0 Å². The number of aliphatic imine (C=N–C) groups is 1. The topological polar surface area (TPSA) is 237 Å². The zero-order chi connectivity index (χ0) is 48.5. The molecule has 0 aliphatic carbocycles. The fraction of sp³-hybridized carbons (Fsp3) is 0.333. The number of carbonyl (C=O) groups is 3. The molecule has 5 N–H and O–H groups in total. The number of nitrogens with zero attached hydrogens (tertiary/aromatic N) is 5. The molecule has 7 rings (SSSR count). The highest BCUT2D eigenvalue weighted by molar-refractivity contribution is 7.80. The maximum absolute atomic E-state index is 14.1. The molecule has 0 spiro atoms. The van der Waals surface area contributed by atoms with E-state index in [1.165, 1.54) is 18.3 Å². The van der Waals surface area contributed by atoms with E-state index in [1.807, 2.05) is 114 Å². The normalized spacial score (nSPS) is 16.5. The van der Waals surface area contributed by atoms with Crippen LogP contribution in [0, 0.1) is 5.92 Å². The molecule has 2 aliphatic heterocycles. The first-order valence-electron chi connectivity index (χ1n) is 21.9. The number of oxime groups is 1. The Kier molecular flexibility index (Phi) is 15.4. The van der Waals surface area contributed by atoms with Gasteiger partial charge in [0.2, 0.25) is 0 Å². The molecule has 1 fully saturated rings. The monoisotopic (exact) mass is 966 g/mol. The zero-order valence-corrected chi connectivity index (χ0v) is 39.7. The largest absolute Gasteiger partial charge is 0.490 e. The number of alkyl carbamates (subject to hydrolysis) is 1. The highest BCUT2D eigenvalue weighted by atomic mass is 32.3. The maximum atomic E-state index is 14.1. The summed E-state index contributed by atoms with van der Waals surface area (Å²) >= 11 is 1.25. The van der Waals surface area contributed by atoms with Crippen molar-refractivity contribution in [3.8, 4) is 5.75 Å². The number of benzene rings is 4. The molecule has 0 unspecified atom stereocenters. The highest BCUT2D eigenvalue weighted by Crippen LogP contribution is 2.41. The van der Waals surface area contributed by atoms with Gasteiger partial charge in [-0.1, -0.05) is 102 Å². The molecule has 3 heterocycles. The lowest BCUT2D eigenvalue weighted by molar-refractivity contribution is -0.204. The zero-order valence-electron chi connectivity index (χ0n) is 38.0. The second-order valence-electron chi connectivity index (χ2n) is 17.1. The minimum Gasteiger partial charge on any atom is -0.490 e. The number of aromatic nitrogens is 1. The molecule has 0 bridgehead atoms. The Labute approximate surface area is 399 Å². The van der Waals surface area contributed by atoms with Crippen LogP contribution in [-0.2, 0) is 52.5 Å². The number of rotatable bonds is 20. The number of amides is 2. The van der Waals surface area contributed by atoms with Gasteiger partial charge in [-0.3, -0.25) is 19.1 Å². The minimum atomic E-state index is -4.97. The van der Waals surface area contributed by atoms with Gasteiger partial charge in [-0.2, -0.15) is 13.5 Å². The standard InChI is InChI=1S/C48H54N8O10S2/c1-32-39(43(58)56(32)66-68(60,61)62)28-41(57)42(40-31-67-45(52-40)53-48(35-15-8-5-9-16-35,36-17-10-6-11-18-36)37-19-12-7-13-20-37)54-64-26-25-63-38-22-21-33-29-55(30-34(33)27-38)44(49)50-23-14-24-51-46(59)65-47(2,3)4/h5-13,15-22,27,31-32,39H,14,23-26,28-30H2,1-4H3,(H2,49,50)(H,51,59)(H,52,53)(H,60,61,62)/b54-42-/t32-,39-/m0/s1. The van der Waals surface area contributed by atoms with Gasteiger partial charge >= 0.3 is 16.5 Å². The van der Waals surface area contributed by atoms with Crippen molar-refractivity contribution < 1.29 is 45.9 Å². The fourth-order valence-corrected chi connectivity index (χ4v) is 9.00. The van der Waals surface area contributed by atoms with Gasteiger partial charge in [0.25, 0.3) is 5.91 Å². The first-order chi connectivity index (χ1) is 32.5. The minimum absolute atomic E-state index is 0.0616. The van der Waals surface area contributed by atoms with Crippen molar-refractivity contribution in [3.63, 3.8) is 0 Å². The number of thiazole rings is 1. The van der Waals surface area contributed by atoms with Crippen molar-refractivity contribution in [2.75, 3.05) is 31.6 Å². The summed E-state index contributed by atoms with van der Waals surface area (Å²) in [6.45, 7) is 8.84. The SMILES string of the molecule is C[C@H]1[C@H](CC(=O)/C(=N\OCCOc2ccc3c(c2)CN(C(N)=NCCCNC(=O)OC(C)(C)C)C3)c2csc(NC(c3ccccc3)(c3ccccc3)c3ccccc3)n2)C(=O)N1OS(=O)(=O)O. The summed E-state index contributed by atoms with van der Waals surface area (Å²) in [4.78, 5) is 55.9. The predicted octanol–water partition coefficient (Wildman–Crippen LogP) is 6.43. The number of nitrogens with one attached hydrogen (secondary N) is 2. The predicted molar refractivity (Wildman–Crippen MR) is 256 cm³/mol. The van der Waals surface area contributed by atoms with Crippen molar-refractivity contribution in [3.05, 3.63) is 148 Å². The van der Waals surface area contributed by atoms with Crippen LogP contribution in [0.15, 0.2) is 125 Å². The third-order valence-electron chi connectivity index (χ3n) is 11.1. The van der Waals surface area contributed by atoms with E-state index in [1.54, 1.807) is 26.2 Å². The first kappa shape index (κ1) is 49.0. The van der Waals surface area contributed by atoms with Gasteiger partial charge in [-0.25, -0.2) is 9.78 Å². The second kappa shape index (κ2) is 21.4. The quantitative estimate of drug-likeness (QED) is 0.0125. The van der Waals surface area contributed by atoms with Crippen molar-refractivity contribution in [2.24, 2.45) is 21.8 Å². The van der Waals surface area contributed by atoms with E-state index in [2.05, 4.69) is 25.1 Å². The summed E-state index contributed by atoms with van der Waals surface area (Å²) in [6, 6.07) is 34.7. The first-order valence-corrected chi connectivity index (χ1v) is 24.2. The van der Waals surface area contributed by atoms with Crippen molar-refractivity contribution in [1.82, 2.24) is 20.3 Å². The number of ketones is 1. The molecule has 1 aromatic heterocycles. The number of anilines is 1. The summed E-state index contributed by atoms with van der Waals surface area (Å²) in [6.07, 6.45) is -0.261. The number of carbonyl (C=O) groups excluding carboxylic acids is 3. The molecule has 1 saturated heterocycles. The lowest BCUT2D eigenvalue weighted by Crippen LogP contribution is -2.60. The fourth-order valence-electron chi connectivity index (χ4n) is 7.84. The number of hydroxylamine groups is 2. The van der Waals surface area contributed by atoms with Crippen LogP contribution in [-0.4, -0.2) is 95.3 Å². The van der Waals surface area contributed by atoms with E-state index in [4.69, 9.17) is 29.6 Å². The number of Topliss-reactive ketones (excluding diaryl/α,β-unsaturated/α-hetero) is 1. The highest BCUT2D eigenvalue weighted by Gasteiger charge is 2.49. The Bertz CT molecular complexity index is 2640. The van der Waals surface area contributed by atoms with E-state index in [-0.39, 0.29) is 31.0 Å². The Balaban J connectivity index is 1.04.